The molecule has 4 atom stereocenters. The standard InChI is InChI=1S/C10H12FN5O5/c11-6-7(19)10(4-17,3-13-15-12)21-8(6)16-2-1-5(18)14-9(16)20/h1-2,6-8,17,19H,3-4H2,(H,14,18,20)/t6-,7+,8-,10-/m1/s1/i4D2. The lowest BCUT2D eigenvalue weighted by Crippen LogP contribution is -2.48. The molecule has 1 aliphatic rings. The van der Waals surface area contributed by atoms with Gasteiger partial charge in [0, 0.05) is 17.2 Å². The van der Waals surface area contributed by atoms with Gasteiger partial charge >= 0.3 is 5.69 Å². The van der Waals surface area contributed by atoms with Gasteiger partial charge in [-0.1, -0.05) is 5.11 Å². The molecular formula is C10H12FN5O5. The molecule has 21 heavy (non-hydrogen) atoms. The van der Waals surface area contributed by atoms with Crippen LogP contribution < -0.4 is 11.2 Å². The molecule has 0 spiro atoms. The van der Waals surface area contributed by atoms with Gasteiger partial charge in [0.2, 0.25) is 0 Å². The normalized spacial score (nSPS) is 34.0. The fraction of sp³-hybridized carbons (Fsp3) is 0.600. The zero-order chi connectivity index (χ0) is 17.4. The first-order valence-electron chi connectivity index (χ1n) is 6.69. The number of aliphatic hydroxyl groups is 2. The molecule has 2 rings (SSSR count). The van der Waals surface area contributed by atoms with Gasteiger partial charge in [-0.2, -0.15) is 0 Å². The molecule has 0 unspecified atom stereocenters. The molecule has 1 aromatic heterocycles. The van der Waals surface area contributed by atoms with Crippen LogP contribution in [0.3, 0.4) is 0 Å². The van der Waals surface area contributed by atoms with E-state index in [9.17, 15) is 24.2 Å². The Morgan fingerprint density at radius 1 is 1.71 bits per heavy atom. The Kier molecular flexibility index (Phi) is 3.38. The van der Waals surface area contributed by atoms with E-state index in [4.69, 9.17) is 13.0 Å². The Hall–Kier alpha value is -2.20. The van der Waals surface area contributed by atoms with Crippen LogP contribution in [0.4, 0.5) is 4.39 Å². The average Bonchev–Trinajstić information content (AvgIpc) is 2.70. The largest absolute Gasteiger partial charge is 0.393 e. The van der Waals surface area contributed by atoms with E-state index < -0.39 is 48.5 Å². The van der Waals surface area contributed by atoms with Crippen molar-refractivity contribution in [2.75, 3.05) is 13.1 Å². The van der Waals surface area contributed by atoms with Crippen molar-refractivity contribution < 1.29 is 22.1 Å². The summed E-state index contributed by atoms with van der Waals surface area (Å²) in [5.74, 6) is 0. The topological polar surface area (TPSA) is 153 Å². The molecule has 0 bridgehead atoms. The van der Waals surface area contributed by atoms with Gasteiger partial charge < -0.3 is 14.9 Å². The molecule has 0 amide bonds. The highest BCUT2D eigenvalue weighted by Gasteiger charge is 2.55. The minimum atomic E-state index is -3.29. The smallest absolute Gasteiger partial charge is 0.330 e. The van der Waals surface area contributed by atoms with Gasteiger partial charge in [-0.05, 0) is 5.53 Å². The maximum Gasteiger partial charge on any atom is 0.330 e. The van der Waals surface area contributed by atoms with Crippen molar-refractivity contribution >= 4 is 0 Å². The number of nitrogens with one attached hydrogen (secondary N) is 1. The summed E-state index contributed by atoms with van der Waals surface area (Å²) in [6.07, 6.45) is -5.53. The van der Waals surface area contributed by atoms with Gasteiger partial charge in [0.1, 0.15) is 11.7 Å². The van der Waals surface area contributed by atoms with E-state index in [-0.39, 0.29) is 0 Å². The number of hydrogen-bond donors (Lipinski definition) is 3. The van der Waals surface area contributed by atoms with Crippen LogP contribution in [0.1, 0.15) is 8.97 Å². The van der Waals surface area contributed by atoms with E-state index in [0.29, 0.717) is 4.57 Å². The summed E-state index contributed by atoms with van der Waals surface area (Å²) in [5, 5.41) is 22.6. The highest BCUT2D eigenvalue weighted by atomic mass is 19.1. The molecule has 114 valence electrons. The Morgan fingerprint density at radius 3 is 3.00 bits per heavy atom. The summed E-state index contributed by atoms with van der Waals surface area (Å²) in [6.45, 7) is -4.21. The van der Waals surface area contributed by atoms with Gasteiger partial charge in [0.15, 0.2) is 12.4 Å². The van der Waals surface area contributed by atoms with Gasteiger partial charge in [-0.25, -0.2) is 9.18 Å². The van der Waals surface area contributed by atoms with Crippen LogP contribution >= 0.6 is 0 Å². The molecule has 2 heterocycles. The fourth-order valence-electron chi connectivity index (χ4n) is 2.00. The minimum Gasteiger partial charge on any atom is -0.393 e. The second kappa shape index (κ2) is 5.66. The number of aromatic amines is 1. The first-order valence-corrected chi connectivity index (χ1v) is 5.69. The molecule has 0 aliphatic carbocycles. The lowest BCUT2D eigenvalue weighted by molar-refractivity contribution is -0.122. The molecule has 1 fully saturated rings. The Labute approximate surface area is 118 Å². The minimum absolute atomic E-state index is 0.582. The van der Waals surface area contributed by atoms with Crippen molar-refractivity contribution in [3.05, 3.63) is 43.5 Å². The molecule has 1 aliphatic heterocycles. The fourth-order valence-corrected chi connectivity index (χ4v) is 2.00. The number of alkyl halides is 1. The number of halogens is 1. The summed E-state index contributed by atoms with van der Waals surface area (Å²) in [6, 6.07) is 0.894. The van der Waals surface area contributed by atoms with Gasteiger partial charge in [-0.15, -0.1) is 0 Å². The Balaban J connectivity index is 2.52. The number of H-pyrrole nitrogens is 1. The average molecular weight is 303 g/mol. The van der Waals surface area contributed by atoms with E-state index in [1.54, 1.807) is 0 Å². The van der Waals surface area contributed by atoms with E-state index in [1.165, 1.54) is 0 Å². The summed E-state index contributed by atoms with van der Waals surface area (Å²) < 4.78 is 34.7. The lowest BCUT2D eigenvalue weighted by atomic mass is 9.97. The predicted molar refractivity (Wildman–Crippen MR) is 66.2 cm³/mol. The van der Waals surface area contributed by atoms with Crippen LogP contribution in [0.2, 0.25) is 0 Å². The summed E-state index contributed by atoms with van der Waals surface area (Å²) in [7, 11) is 0. The van der Waals surface area contributed by atoms with Crippen molar-refractivity contribution in [2.24, 2.45) is 5.11 Å². The molecule has 0 aromatic carbocycles. The zero-order valence-electron chi connectivity index (χ0n) is 12.4. The first kappa shape index (κ1) is 12.5. The molecule has 0 radical (unpaired) electrons. The summed E-state index contributed by atoms with van der Waals surface area (Å²) >= 11 is 0. The number of aromatic nitrogens is 2. The van der Waals surface area contributed by atoms with E-state index in [2.05, 4.69) is 10.0 Å². The summed E-state index contributed by atoms with van der Waals surface area (Å²) in [4.78, 5) is 26.9. The highest BCUT2D eigenvalue weighted by Crippen LogP contribution is 2.38. The molecule has 11 heteroatoms. The predicted octanol–water partition coefficient (Wildman–Crippen LogP) is -1.19. The number of aliphatic hydroxyl groups excluding tert-OH is 1. The third-order valence-electron chi connectivity index (χ3n) is 3.07. The van der Waals surface area contributed by atoms with Gasteiger partial charge in [-0.3, -0.25) is 14.3 Å². The molecular weight excluding hydrogens is 289 g/mol. The van der Waals surface area contributed by atoms with E-state index in [1.807, 2.05) is 4.98 Å². The summed E-state index contributed by atoms with van der Waals surface area (Å²) in [5.41, 5.74) is 3.91. The van der Waals surface area contributed by atoms with Gasteiger partial charge in [0.25, 0.3) is 5.56 Å². The Bertz CT molecular complexity index is 757. The van der Waals surface area contributed by atoms with Crippen LogP contribution in [0.15, 0.2) is 27.0 Å². The van der Waals surface area contributed by atoms with E-state index >= 15 is 0 Å². The van der Waals surface area contributed by atoms with Crippen LogP contribution in [-0.4, -0.2) is 50.7 Å². The second-order valence-electron chi connectivity index (χ2n) is 4.31. The molecule has 1 saturated heterocycles. The molecule has 3 N–H and O–H groups in total. The maximum absolute atomic E-state index is 14.4. The number of nitrogens with zero attached hydrogens (tertiary/aromatic N) is 4. The van der Waals surface area contributed by atoms with Crippen molar-refractivity contribution in [1.29, 1.82) is 0 Å². The zero-order valence-corrected chi connectivity index (χ0v) is 10.4. The molecule has 1 aromatic rings. The quantitative estimate of drug-likeness (QED) is 0.362. The first-order chi connectivity index (χ1) is 10.6. The van der Waals surface area contributed by atoms with E-state index in [0.717, 1.165) is 12.3 Å². The van der Waals surface area contributed by atoms with Crippen molar-refractivity contribution in [3.63, 3.8) is 0 Å². The van der Waals surface area contributed by atoms with Crippen molar-refractivity contribution in [2.45, 2.75) is 24.1 Å². The van der Waals surface area contributed by atoms with Crippen LogP contribution in [0.5, 0.6) is 0 Å². The molecule has 10 nitrogen and oxygen atoms in total. The number of ether oxygens (including phenoxy) is 1. The highest BCUT2D eigenvalue weighted by molar-refractivity contribution is 5.03. The third-order valence-corrected chi connectivity index (χ3v) is 3.07. The second-order valence-corrected chi connectivity index (χ2v) is 4.31. The van der Waals surface area contributed by atoms with Gasteiger partial charge in [0.05, 0.1) is 15.8 Å². The number of rotatable bonds is 4. The van der Waals surface area contributed by atoms with Crippen molar-refractivity contribution in [3.8, 4) is 0 Å². The maximum atomic E-state index is 14.4. The van der Waals surface area contributed by atoms with Crippen LogP contribution in [-0.2, 0) is 4.74 Å². The third kappa shape index (κ3) is 2.54. The van der Waals surface area contributed by atoms with Crippen LogP contribution in [0.25, 0.3) is 10.4 Å². The number of azide groups is 1. The Morgan fingerprint density at radius 2 is 2.43 bits per heavy atom. The molecule has 0 saturated carbocycles. The monoisotopic (exact) mass is 303 g/mol. The lowest BCUT2D eigenvalue weighted by Gasteiger charge is -2.27. The van der Waals surface area contributed by atoms with Crippen molar-refractivity contribution in [1.82, 2.24) is 9.55 Å². The number of hydrogen-bond acceptors (Lipinski definition) is 6. The van der Waals surface area contributed by atoms with Crippen LogP contribution in [0, 0.1) is 0 Å². The SMILES string of the molecule is [2H]C([2H])(O)[C@@]1(CN=[N+]=[N-])O[C@@H](n2ccc(=O)[nH]c2=O)[C@H](F)[C@@H]1O.